The Kier molecular flexibility index (Phi) is 4.50. The molecular formula is C28H22O. The van der Waals surface area contributed by atoms with E-state index in [4.69, 9.17) is 4.74 Å². The van der Waals surface area contributed by atoms with E-state index in [0.717, 1.165) is 23.5 Å². The van der Waals surface area contributed by atoms with Crippen molar-refractivity contribution in [2.75, 3.05) is 0 Å². The molecule has 0 unspecified atom stereocenters. The maximum atomic E-state index is 6.39. The van der Waals surface area contributed by atoms with Gasteiger partial charge in [-0.3, -0.25) is 0 Å². The Morgan fingerprint density at radius 2 is 1.17 bits per heavy atom. The lowest BCUT2D eigenvalue weighted by molar-refractivity contribution is 0.458. The number of hydrogen-bond acceptors (Lipinski definition) is 1. The molecule has 140 valence electrons. The molecule has 0 saturated carbocycles. The van der Waals surface area contributed by atoms with Gasteiger partial charge in [0.05, 0.1) is 0 Å². The average Bonchev–Trinajstić information content (AvgIpc) is 2.81. The van der Waals surface area contributed by atoms with E-state index in [0.29, 0.717) is 0 Å². The van der Waals surface area contributed by atoms with E-state index >= 15 is 0 Å². The fourth-order valence-corrected chi connectivity index (χ4v) is 4.26. The molecule has 4 aromatic carbocycles. The third-order valence-electron chi connectivity index (χ3n) is 5.64. The minimum Gasteiger partial charge on any atom is -0.457 e. The monoisotopic (exact) mass is 374 g/mol. The second kappa shape index (κ2) is 7.44. The maximum absolute atomic E-state index is 6.39. The summed E-state index contributed by atoms with van der Waals surface area (Å²) >= 11 is 0. The van der Waals surface area contributed by atoms with E-state index < -0.39 is 0 Å². The molecular weight excluding hydrogens is 352 g/mol. The lowest BCUT2D eigenvalue weighted by atomic mass is 9.68. The highest BCUT2D eigenvalue weighted by Gasteiger charge is 2.39. The summed E-state index contributed by atoms with van der Waals surface area (Å²) in [5.41, 5.74) is 4.57. The second-order valence-corrected chi connectivity index (χ2v) is 7.47. The highest BCUT2D eigenvalue weighted by molar-refractivity contribution is 5.71. The smallest absolute Gasteiger partial charge is 0.131 e. The van der Waals surface area contributed by atoms with Crippen LogP contribution in [0.3, 0.4) is 0 Å². The highest BCUT2D eigenvalue weighted by Crippen LogP contribution is 2.47. The third kappa shape index (κ3) is 3.25. The molecule has 1 aliphatic heterocycles. The van der Waals surface area contributed by atoms with Gasteiger partial charge in [0.25, 0.3) is 0 Å². The zero-order chi connectivity index (χ0) is 19.5. The van der Waals surface area contributed by atoms with Gasteiger partial charge in [-0.2, -0.15) is 0 Å². The van der Waals surface area contributed by atoms with E-state index in [9.17, 15) is 0 Å². The van der Waals surface area contributed by atoms with E-state index in [1.54, 1.807) is 0 Å². The van der Waals surface area contributed by atoms with Crippen molar-refractivity contribution in [3.05, 3.63) is 144 Å². The van der Waals surface area contributed by atoms with Gasteiger partial charge >= 0.3 is 0 Å². The first-order chi connectivity index (χ1) is 14.4. The first-order valence-corrected chi connectivity index (χ1v) is 10.0. The molecule has 0 amide bonds. The molecule has 1 heteroatoms. The van der Waals surface area contributed by atoms with Gasteiger partial charge in [-0.1, -0.05) is 109 Å². The lowest BCUT2D eigenvalue weighted by Crippen LogP contribution is -2.32. The van der Waals surface area contributed by atoms with Crippen LogP contribution < -0.4 is 4.74 Å². The van der Waals surface area contributed by atoms with Gasteiger partial charge < -0.3 is 4.74 Å². The van der Waals surface area contributed by atoms with Crippen molar-refractivity contribution in [2.24, 2.45) is 0 Å². The van der Waals surface area contributed by atoms with Gasteiger partial charge in [0.2, 0.25) is 0 Å². The molecule has 0 aliphatic carbocycles. The van der Waals surface area contributed by atoms with Crippen LogP contribution >= 0.6 is 0 Å². The summed E-state index contributed by atoms with van der Waals surface area (Å²) in [5.74, 6) is 1.83. The Bertz CT molecular complexity index is 1130. The molecule has 1 heterocycles. The van der Waals surface area contributed by atoms with E-state index in [1.807, 2.05) is 12.1 Å². The molecule has 1 atom stereocenters. The second-order valence-electron chi connectivity index (χ2n) is 7.47. The SMILES string of the molecule is C1=C(c2ccccc2)Oc2ccccc2[C@@]1(Cc1ccccc1)c1ccccc1. The highest BCUT2D eigenvalue weighted by atomic mass is 16.5. The molecule has 0 saturated heterocycles. The van der Waals surface area contributed by atoms with E-state index in [-0.39, 0.29) is 5.41 Å². The Morgan fingerprint density at radius 3 is 1.90 bits per heavy atom. The average molecular weight is 374 g/mol. The van der Waals surface area contributed by atoms with Crippen LogP contribution in [0.25, 0.3) is 5.76 Å². The van der Waals surface area contributed by atoms with Crippen molar-refractivity contribution < 1.29 is 4.74 Å². The Morgan fingerprint density at radius 1 is 0.586 bits per heavy atom. The van der Waals surface area contributed by atoms with Crippen LogP contribution in [0.4, 0.5) is 0 Å². The molecule has 29 heavy (non-hydrogen) atoms. The number of para-hydroxylation sites is 1. The van der Waals surface area contributed by atoms with Crippen LogP contribution in [0, 0.1) is 0 Å². The van der Waals surface area contributed by atoms with Crippen molar-refractivity contribution in [1.82, 2.24) is 0 Å². The molecule has 4 aromatic rings. The molecule has 1 aliphatic rings. The van der Waals surface area contributed by atoms with Gasteiger partial charge in [0.1, 0.15) is 11.5 Å². The first kappa shape index (κ1) is 17.5. The summed E-state index contributed by atoms with van der Waals surface area (Å²) in [4.78, 5) is 0. The summed E-state index contributed by atoms with van der Waals surface area (Å²) < 4.78 is 6.39. The quantitative estimate of drug-likeness (QED) is 0.389. The molecule has 0 aromatic heterocycles. The minimum atomic E-state index is -0.303. The predicted molar refractivity (Wildman–Crippen MR) is 119 cm³/mol. The van der Waals surface area contributed by atoms with Crippen LogP contribution in [0.1, 0.15) is 22.3 Å². The fraction of sp³-hybridized carbons (Fsp3) is 0.0714. The molecule has 5 rings (SSSR count). The number of benzene rings is 4. The van der Waals surface area contributed by atoms with Crippen molar-refractivity contribution >= 4 is 5.76 Å². The summed E-state index contributed by atoms with van der Waals surface area (Å²) in [6, 6.07) is 40.3. The molecule has 0 fully saturated rings. The third-order valence-corrected chi connectivity index (χ3v) is 5.64. The largest absolute Gasteiger partial charge is 0.457 e. The zero-order valence-electron chi connectivity index (χ0n) is 16.2. The molecule has 0 N–H and O–H groups in total. The summed E-state index contributed by atoms with van der Waals surface area (Å²) in [7, 11) is 0. The van der Waals surface area contributed by atoms with Crippen LogP contribution in [-0.4, -0.2) is 0 Å². The Balaban J connectivity index is 1.77. The van der Waals surface area contributed by atoms with E-state index in [2.05, 4.69) is 109 Å². The Labute approximate surface area is 171 Å². The van der Waals surface area contributed by atoms with Crippen molar-refractivity contribution in [2.45, 2.75) is 11.8 Å². The summed E-state index contributed by atoms with van der Waals surface area (Å²) in [6.45, 7) is 0. The Hall–Kier alpha value is -3.58. The van der Waals surface area contributed by atoms with Crippen molar-refractivity contribution in [3.8, 4) is 5.75 Å². The molecule has 1 nitrogen and oxygen atoms in total. The van der Waals surface area contributed by atoms with Gasteiger partial charge in [-0.15, -0.1) is 0 Å². The predicted octanol–water partition coefficient (Wildman–Crippen LogP) is 6.65. The maximum Gasteiger partial charge on any atom is 0.131 e. The number of rotatable bonds is 4. The van der Waals surface area contributed by atoms with Crippen LogP contribution in [0.15, 0.2) is 121 Å². The zero-order valence-corrected chi connectivity index (χ0v) is 16.2. The number of ether oxygens (including phenoxy) is 1. The topological polar surface area (TPSA) is 9.23 Å². The summed E-state index contributed by atoms with van der Waals surface area (Å²) in [6.07, 6.45) is 3.18. The van der Waals surface area contributed by atoms with E-state index in [1.165, 1.54) is 16.7 Å². The van der Waals surface area contributed by atoms with Gasteiger partial charge in [-0.05, 0) is 29.7 Å². The number of fused-ring (bicyclic) bond motifs is 1. The van der Waals surface area contributed by atoms with Crippen molar-refractivity contribution in [3.63, 3.8) is 0 Å². The lowest BCUT2D eigenvalue weighted by Gasteiger charge is -2.38. The minimum absolute atomic E-state index is 0.303. The normalized spacial score (nSPS) is 17.7. The van der Waals surface area contributed by atoms with Crippen LogP contribution in [0.5, 0.6) is 5.75 Å². The van der Waals surface area contributed by atoms with Crippen molar-refractivity contribution in [1.29, 1.82) is 0 Å². The van der Waals surface area contributed by atoms with Crippen LogP contribution in [-0.2, 0) is 11.8 Å². The first-order valence-electron chi connectivity index (χ1n) is 10.0. The number of allylic oxidation sites excluding steroid dienone is 1. The molecule has 0 spiro atoms. The molecule has 0 bridgehead atoms. The molecule has 0 radical (unpaired) electrons. The van der Waals surface area contributed by atoms with Gasteiger partial charge in [0, 0.05) is 16.5 Å². The standard InChI is InChI=1S/C28H22O/c1-4-12-22(13-5-1)20-28(24-16-8-3-9-17-24)21-27(23-14-6-2-7-15-23)29-26-19-11-10-18-25(26)28/h1-19,21H,20H2/t28-/m1/s1. The van der Waals surface area contributed by atoms with Gasteiger partial charge in [0.15, 0.2) is 0 Å². The van der Waals surface area contributed by atoms with Crippen LogP contribution in [0.2, 0.25) is 0 Å². The van der Waals surface area contributed by atoms with Gasteiger partial charge in [-0.25, -0.2) is 0 Å². The summed E-state index contributed by atoms with van der Waals surface area (Å²) in [5, 5.41) is 0. The number of hydrogen-bond donors (Lipinski definition) is 0. The fourth-order valence-electron chi connectivity index (χ4n) is 4.26.